The van der Waals surface area contributed by atoms with Crippen molar-refractivity contribution in [3.05, 3.63) is 24.3 Å². The Bertz CT molecular complexity index is 497. The van der Waals surface area contributed by atoms with Crippen LogP contribution in [0.15, 0.2) is 24.3 Å². The first-order valence-corrected chi connectivity index (χ1v) is 7.35. The van der Waals surface area contributed by atoms with Gasteiger partial charge < -0.3 is 14.8 Å². The number of carbonyl (C=O) groups excluding carboxylic acids is 2. The average Bonchev–Trinajstić information content (AvgIpc) is 2.42. The van der Waals surface area contributed by atoms with E-state index in [2.05, 4.69) is 5.32 Å². The molecule has 0 unspecified atom stereocenters. The van der Waals surface area contributed by atoms with Crippen LogP contribution >= 0.6 is 0 Å². The summed E-state index contributed by atoms with van der Waals surface area (Å²) in [5.41, 5.74) is 0.681. The summed E-state index contributed by atoms with van der Waals surface area (Å²) >= 11 is 0. The fraction of sp³-hybridized carbons (Fsp3) is 0.500. The lowest BCUT2D eigenvalue weighted by atomic mass is 9.83. The zero-order valence-electron chi connectivity index (χ0n) is 12.3. The number of esters is 1. The zero-order valence-corrected chi connectivity index (χ0v) is 12.3. The van der Waals surface area contributed by atoms with Crippen LogP contribution in [0.2, 0.25) is 0 Å². The highest BCUT2D eigenvalue weighted by Crippen LogP contribution is 2.29. The molecular weight excluding hydrogens is 270 g/mol. The summed E-state index contributed by atoms with van der Waals surface area (Å²) in [6, 6.07) is 7.02. The second kappa shape index (κ2) is 7.67. The number of nitrogens with one attached hydrogen (secondary N) is 1. The summed E-state index contributed by atoms with van der Waals surface area (Å²) in [5, 5.41) is 2.86. The Labute approximate surface area is 124 Å². The van der Waals surface area contributed by atoms with Gasteiger partial charge in [0.15, 0.2) is 6.61 Å². The quantitative estimate of drug-likeness (QED) is 0.785. The summed E-state index contributed by atoms with van der Waals surface area (Å²) in [7, 11) is 0. The highest BCUT2D eigenvalue weighted by molar-refractivity contribution is 5.91. The van der Waals surface area contributed by atoms with Crippen molar-refractivity contribution in [3.8, 4) is 5.75 Å². The van der Waals surface area contributed by atoms with Crippen LogP contribution in [0.4, 0.5) is 5.69 Å². The van der Waals surface area contributed by atoms with E-state index in [0.717, 1.165) is 12.8 Å². The van der Waals surface area contributed by atoms with E-state index in [4.69, 9.17) is 9.47 Å². The first kappa shape index (κ1) is 15.4. The van der Waals surface area contributed by atoms with Gasteiger partial charge in [-0.05, 0) is 37.8 Å². The molecule has 114 valence electrons. The third-order valence-electron chi connectivity index (χ3n) is 3.48. The third-order valence-corrected chi connectivity index (χ3v) is 3.48. The number of hydrogen-bond donors (Lipinski definition) is 1. The predicted molar refractivity (Wildman–Crippen MR) is 79.2 cm³/mol. The Morgan fingerprint density at radius 1 is 1.33 bits per heavy atom. The van der Waals surface area contributed by atoms with Crippen molar-refractivity contribution in [2.45, 2.75) is 32.6 Å². The summed E-state index contributed by atoms with van der Waals surface area (Å²) in [6.45, 7) is 1.95. The molecule has 1 aromatic rings. The molecule has 5 nitrogen and oxygen atoms in total. The molecule has 0 aromatic heterocycles. The fourth-order valence-corrected chi connectivity index (χ4v) is 2.18. The number of benzene rings is 1. The van der Waals surface area contributed by atoms with Gasteiger partial charge in [0.05, 0.1) is 6.61 Å². The van der Waals surface area contributed by atoms with Crippen LogP contribution in [0.3, 0.4) is 0 Å². The average molecular weight is 291 g/mol. The molecular formula is C16H21NO4. The highest BCUT2D eigenvalue weighted by atomic mass is 16.6. The first-order chi connectivity index (χ1) is 10.2. The number of ether oxygens (including phenoxy) is 2. The minimum absolute atomic E-state index is 0.0299. The monoisotopic (exact) mass is 291 g/mol. The number of hydrogen-bond acceptors (Lipinski definition) is 4. The molecule has 1 aliphatic rings. The van der Waals surface area contributed by atoms with Gasteiger partial charge in [-0.2, -0.15) is 0 Å². The Morgan fingerprint density at radius 3 is 2.81 bits per heavy atom. The minimum Gasteiger partial charge on any atom is -0.482 e. The number of carbonyl (C=O) groups is 2. The van der Waals surface area contributed by atoms with Crippen LogP contribution in [0.5, 0.6) is 5.75 Å². The van der Waals surface area contributed by atoms with Crippen LogP contribution in [-0.4, -0.2) is 25.1 Å². The molecule has 0 aliphatic heterocycles. The zero-order chi connectivity index (χ0) is 15.1. The molecule has 5 heteroatoms. The molecule has 0 spiro atoms. The molecule has 1 saturated carbocycles. The molecule has 1 amide bonds. The van der Waals surface area contributed by atoms with E-state index < -0.39 is 5.97 Å². The van der Waals surface area contributed by atoms with Crippen LogP contribution in [-0.2, 0) is 14.3 Å². The van der Waals surface area contributed by atoms with E-state index in [0.29, 0.717) is 30.4 Å². The van der Waals surface area contributed by atoms with Crippen molar-refractivity contribution in [2.24, 2.45) is 5.92 Å². The number of amides is 1. The maximum atomic E-state index is 11.9. The van der Waals surface area contributed by atoms with Crippen molar-refractivity contribution in [1.82, 2.24) is 0 Å². The molecule has 21 heavy (non-hydrogen) atoms. The molecule has 0 radical (unpaired) electrons. The standard InChI is InChI=1S/C16H21NO4/c1-2-20-16(19)11-21-14-8-4-7-13(10-14)17-15(18)9-12-5-3-6-12/h4,7-8,10,12H,2-3,5-6,9,11H2,1H3,(H,17,18). The molecule has 2 rings (SSSR count). The van der Waals surface area contributed by atoms with E-state index in [-0.39, 0.29) is 12.5 Å². The summed E-state index contributed by atoms with van der Waals surface area (Å²) in [6.07, 6.45) is 4.11. The summed E-state index contributed by atoms with van der Waals surface area (Å²) in [5.74, 6) is 0.692. The van der Waals surface area contributed by atoms with Crippen molar-refractivity contribution >= 4 is 17.6 Å². The van der Waals surface area contributed by atoms with Crippen molar-refractivity contribution < 1.29 is 19.1 Å². The van der Waals surface area contributed by atoms with E-state index in [1.54, 1.807) is 31.2 Å². The third kappa shape index (κ3) is 5.10. The second-order valence-corrected chi connectivity index (χ2v) is 5.17. The van der Waals surface area contributed by atoms with Gasteiger partial charge in [-0.3, -0.25) is 4.79 Å². The Hall–Kier alpha value is -2.04. The van der Waals surface area contributed by atoms with Gasteiger partial charge in [0.1, 0.15) is 5.75 Å². The second-order valence-electron chi connectivity index (χ2n) is 5.17. The van der Waals surface area contributed by atoms with E-state index >= 15 is 0 Å². The lowest BCUT2D eigenvalue weighted by molar-refractivity contribution is -0.145. The molecule has 0 heterocycles. The molecule has 1 fully saturated rings. The van der Waals surface area contributed by atoms with E-state index in [1.807, 2.05) is 0 Å². The normalized spacial score (nSPS) is 14.1. The minimum atomic E-state index is -0.406. The van der Waals surface area contributed by atoms with E-state index in [1.165, 1.54) is 6.42 Å². The molecule has 1 N–H and O–H groups in total. The molecule has 0 saturated heterocycles. The summed E-state index contributed by atoms with van der Waals surface area (Å²) in [4.78, 5) is 23.1. The maximum absolute atomic E-state index is 11.9. The molecule has 0 bridgehead atoms. The lowest BCUT2D eigenvalue weighted by Crippen LogP contribution is -2.20. The van der Waals surface area contributed by atoms with Crippen molar-refractivity contribution in [3.63, 3.8) is 0 Å². The Kier molecular flexibility index (Phi) is 5.60. The topological polar surface area (TPSA) is 64.6 Å². The SMILES string of the molecule is CCOC(=O)COc1cccc(NC(=O)CC2CCC2)c1. The van der Waals surface area contributed by atoms with Crippen molar-refractivity contribution in [2.75, 3.05) is 18.5 Å². The van der Waals surface area contributed by atoms with Gasteiger partial charge in [0.2, 0.25) is 5.91 Å². The van der Waals surface area contributed by atoms with Gasteiger partial charge in [-0.15, -0.1) is 0 Å². The number of anilines is 1. The van der Waals surface area contributed by atoms with Crippen molar-refractivity contribution in [1.29, 1.82) is 0 Å². The fourth-order valence-electron chi connectivity index (χ4n) is 2.18. The Balaban J connectivity index is 1.82. The molecule has 1 aromatic carbocycles. The maximum Gasteiger partial charge on any atom is 0.344 e. The van der Waals surface area contributed by atoms with Gasteiger partial charge in [0, 0.05) is 18.2 Å². The predicted octanol–water partition coefficient (Wildman–Crippen LogP) is 2.76. The highest BCUT2D eigenvalue weighted by Gasteiger charge is 2.20. The molecule has 0 atom stereocenters. The Morgan fingerprint density at radius 2 is 2.14 bits per heavy atom. The van der Waals surface area contributed by atoms with Crippen LogP contribution in [0.1, 0.15) is 32.6 Å². The smallest absolute Gasteiger partial charge is 0.344 e. The lowest BCUT2D eigenvalue weighted by Gasteiger charge is -2.24. The molecule has 1 aliphatic carbocycles. The van der Waals surface area contributed by atoms with Gasteiger partial charge in [-0.25, -0.2) is 4.79 Å². The van der Waals surface area contributed by atoms with Gasteiger partial charge >= 0.3 is 5.97 Å². The van der Waals surface area contributed by atoms with E-state index in [9.17, 15) is 9.59 Å². The van der Waals surface area contributed by atoms with Crippen LogP contribution < -0.4 is 10.1 Å². The number of rotatable bonds is 7. The largest absolute Gasteiger partial charge is 0.482 e. The van der Waals surface area contributed by atoms with Crippen LogP contribution in [0, 0.1) is 5.92 Å². The van der Waals surface area contributed by atoms with Crippen LogP contribution in [0.25, 0.3) is 0 Å². The summed E-state index contributed by atoms with van der Waals surface area (Å²) < 4.78 is 10.1. The first-order valence-electron chi connectivity index (χ1n) is 7.35. The van der Waals surface area contributed by atoms with Gasteiger partial charge in [0.25, 0.3) is 0 Å². The van der Waals surface area contributed by atoms with Gasteiger partial charge in [-0.1, -0.05) is 12.5 Å².